The highest BCUT2D eigenvalue weighted by Crippen LogP contribution is 2.28. The Bertz CT molecular complexity index is 318. The van der Waals surface area contributed by atoms with Gasteiger partial charge in [-0.3, -0.25) is 4.57 Å². The minimum Gasteiger partial charge on any atom is -0.312 e. The molecule has 3 heteroatoms. The van der Waals surface area contributed by atoms with Gasteiger partial charge in [-0.1, -0.05) is 12.8 Å². The van der Waals surface area contributed by atoms with E-state index in [4.69, 9.17) is 0 Å². The van der Waals surface area contributed by atoms with E-state index in [9.17, 15) is 4.79 Å². The van der Waals surface area contributed by atoms with Gasteiger partial charge in [-0.2, -0.15) is 0 Å². The number of rotatable bonds is 1. The molecule has 2 rings (SSSR count). The Morgan fingerprint density at radius 1 is 1.50 bits per heavy atom. The molecule has 1 fully saturated rings. The lowest BCUT2D eigenvalue weighted by Crippen LogP contribution is -2.21. The molecule has 1 saturated carbocycles. The smallest absolute Gasteiger partial charge is 0.312 e. The number of aromatic amines is 1. The number of nitrogens with one attached hydrogen (secondary N) is 1. The maximum absolute atomic E-state index is 11.3. The molecule has 1 heterocycles. The van der Waals surface area contributed by atoms with Crippen LogP contribution in [0.3, 0.4) is 0 Å². The van der Waals surface area contributed by atoms with Gasteiger partial charge in [0.25, 0.3) is 0 Å². The summed E-state index contributed by atoms with van der Waals surface area (Å²) in [5.41, 5.74) is 1.12. The molecule has 1 aromatic heterocycles. The van der Waals surface area contributed by atoms with Gasteiger partial charge in [0.1, 0.15) is 0 Å². The summed E-state index contributed by atoms with van der Waals surface area (Å²) < 4.78 is 1.90. The van der Waals surface area contributed by atoms with E-state index in [1.807, 2.05) is 11.5 Å². The van der Waals surface area contributed by atoms with E-state index in [1.54, 1.807) is 6.20 Å². The molecule has 0 spiro atoms. The largest absolute Gasteiger partial charge is 0.325 e. The molecule has 1 aromatic rings. The van der Waals surface area contributed by atoms with Crippen LogP contribution in [0.5, 0.6) is 0 Å². The summed E-state index contributed by atoms with van der Waals surface area (Å²) >= 11 is 0. The fraction of sp³-hybridized carbons (Fsp3) is 0.667. The lowest BCUT2D eigenvalue weighted by molar-refractivity contribution is 0.494. The molecule has 0 saturated heterocycles. The first-order valence-electron chi connectivity index (χ1n) is 4.55. The van der Waals surface area contributed by atoms with Gasteiger partial charge in [0.2, 0.25) is 0 Å². The summed E-state index contributed by atoms with van der Waals surface area (Å²) in [6.45, 7) is 1.98. The molecule has 1 aliphatic carbocycles. The molecule has 0 unspecified atom stereocenters. The van der Waals surface area contributed by atoms with Gasteiger partial charge in [0.15, 0.2) is 0 Å². The zero-order valence-electron chi connectivity index (χ0n) is 7.34. The number of hydrogen-bond donors (Lipinski definition) is 1. The van der Waals surface area contributed by atoms with Crippen molar-refractivity contribution in [3.63, 3.8) is 0 Å². The third kappa shape index (κ3) is 1.09. The Balaban J connectivity index is 2.37. The van der Waals surface area contributed by atoms with Crippen molar-refractivity contribution in [2.45, 2.75) is 38.6 Å². The molecule has 12 heavy (non-hydrogen) atoms. The molecule has 0 aromatic carbocycles. The normalized spacial score (nSPS) is 18.8. The second-order valence-electron chi connectivity index (χ2n) is 3.54. The summed E-state index contributed by atoms with van der Waals surface area (Å²) in [6.07, 6.45) is 6.65. The van der Waals surface area contributed by atoms with Gasteiger partial charge in [-0.05, 0) is 19.8 Å². The topological polar surface area (TPSA) is 37.8 Å². The Labute approximate surface area is 71.4 Å². The highest BCUT2D eigenvalue weighted by molar-refractivity contribution is 4.98. The van der Waals surface area contributed by atoms with Crippen molar-refractivity contribution in [3.05, 3.63) is 22.4 Å². The SMILES string of the molecule is Cc1c[nH]c(=O)n1C1CCCC1. The van der Waals surface area contributed by atoms with Crippen LogP contribution in [0.15, 0.2) is 11.0 Å². The van der Waals surface area contributed by atoms with Crippen molar-refractivity contribution in [2.24, 2.45) is 0 Å². The lowest BCUT2D eigenvalue weighted by Gasteiger charge is -2.11. The van der Waals surface area contributed by atoms with Crippen LogP contribution in [0, 0.1) is 6.92 Å². The molecule has 3 nitrogen and oxygen atoms in total. The average Bonchev–Trinajstić information content (AvgIpc) is 2.61. The van der Waals surface area contributed by atoms with E-state index in [1.165, 1.54) is 25.7 Å². The molecule has 66 valence electrons. The summed E-state index contributed by atoms with van der Waals surface area (Å²) in [5.74, 6) is 0. The number of imidazole rings is 1. The number of aromatic nitrogens is 2. The fourth-order valence-corrected chi connectivity index (χ4v) is 2.08. The molecule has 0 bridgehead atoms. The molecular formula is C9H14N2O. The third-order valence-electron chi connectivity index (χ3n) is 2.69. The maximum atomic E-state index is 11.3. The molecule has 0 radical (unpaired) electrons. The molecule has 0 atom stereocenters. The number of nitrogens with zero attached hydrogens (tertiary/aromatic N) is 1. The van der Waals surface area contributed by atoms with E-state index in [0.29, 0.717) is 6.04 Å². The Hall–Kier alpha value is -0.990. The average molecular weight is 166 g/mol. The summed E-state index contributed by atoms with van der Waals surface area (Å²) in [7, 11) is 0. The van der Waals surface area contributed by atoms with Crippen LogP contribution in [0.25, 0.3) is 0 Å². The van der Waals surface area contributed by atoms with Crippen molar-refractivity contribution in [1.82, 2.24) is 9.55 Å². The van der Waals surface area contributed by atoms with Crippen LogP contribution in [0.1, 0.15) is 37.4 Å². The quantitative estimate of drug-likeness (QED) is 0.676. The number of H-pyrrole nitrogens is 1. The summed E-state index contributed by atoms with van der Waals surface area (Å²) in [6, 6.07) is 0.462. The zero-order valence-corrected chi connectivity index (χ0v) is 7.34. The summed E-state index contributed by atoms with van der Waals surface area (Å²) in [5, 5.41) is 0. The van der Waals surface area contributed by atoms with Crippen LogP contribution in [0.4, 0.5) is 0 Å². The van der Waals surface area contributed by atoms with E-state index in [2.05, 4.69) is 4.98 Å². The van der Waals surface area contributed by atoms with Crippen molar-refractivity contribution in [2.75, 3.05) is 0 Å². The molecular weight excluding hydrogens is 152 g/mol. The van der Waals surface area contributed by atoms with E-state index in [0.717, 1.165) is 5.69 Å². The molecule has 0 aliphatic heterocycles. The Morgan fingerprint density at radius 3 is 2.67 bits per heavy atom. The standard InChI is InChI=1S/C9H14N2O/c1-7-6-10-9(12)11(7)8-4-2-3-5-8/h6,8H,2-5H2,1H3,(H,10,12). The van der Waals surface area contributed by atoms with Gasteiger partial charge < -0.3 is 4.98 Å². The molecule has 1 N–H and O–H groups in total. The van der Waals surface area contributed by atoms with E-state index < -0.39 is 0 Å². The Morgan fingerprint density at radius 2 is 2.17 bits per heavy atom. The van der Waals surface area contributed by atoms with Crippen molar-refractivity contribution >= 4 is 0 Å². The summed E-state index contributed by atoms with van der Waals surface area (Å²) in [4.78, 5) is 14.1. The highest BCUT2D eigenvalue weighted by atomic mass is 16.1. The zero-order chi connectivity index (χ0) is 8.55. The van der Waals surface area contributed by atoms with Gasteiger partial charge >= 0.3 is 5.69 Å². The number of aryl methyl sites for hydroxylation is 1. The lowest BCUT2D eigenvalue weighted by atomic mass is 10.2. The predicted molar refractivity (Wildman–Crippen MR) is 47.3 cm³/mol. The predicted octanol–water partition coefficient (Wildman–Crippen LogP) is 1.60. The van der Waals surface area contributed by atoms with Crippen LogP contribution in [0.2, 0.25) is 0 Å². The van der Waals surface area contributed by atoms with Crippen molar-refractivity contribution in [1.29, 1.82) is 0 Å². The fourth-order valence-electron chi connectivity index (χ4n) is 2.08. The monoisotopic (exact) mass is 166 g/mol. The van der Waals surface area contributed by atoms with Crippen LogP contribution in [-0.2, 0) is 0 Å². The second-order valence-corrected chi connectivity index (χ2v) is 3.54. The van der Waals surface area contributed by atoms with E-state index in [-0.39, 0.29) is 5.69 Å². The second kappa shape index (κ2) is 2.81. The third-order valence-corrected chi connectivity index (χ3v) is 2.69. The first-order chi connectivity index (χ1) is 5.79. The van der Waals surface area contributed by atoms with Crippen LogP contribution < -0.4 is 5.69 Å². The van der Waals surface area contributed by atoms with Crippen molar-refractivity contribution in [3.8, 4) is 0 Å². The van der Waals surface area contributed by atoms with Crippen molar-refractivity contribution < 1.29 is 0 Å². The minimum absolute atomic E-state index is 0.0550. The molecule has 1 aliphatic rings. The van der Waals surface area contributed by atoms with Gasteiger partial charge in [0, 0.05) is 17.9 Å². The molecule has 0 amide bonds. The van der Waals surface area contributed by atoms with Crippen LogP contribution in [-0.4, -0.2) is 9.55 Å². The first-order valence-corrected chi connectivity index (χ1v) is 4.55. The Kier molecular flexibility index (Phi) is 1.79. The van der Waals surface area contributed by atoms with Gasteiger partial charge in [0.05, 0.1) is 0 Å². The van der Waals surface area contributed by atoms with E-state index >= 15 is 0 Å². The minimum atomic E-state index is 0.0550. The maximum Gasteiger partial charge on any atom is 0.325 e. The number of hydrogen-bond acceptors (Lipinski definition) is 1. The van der Waals surface area contributed by atoms with Crippen LogP contribution >= 0.6 is 0 Å². The highest BCUT2D eigenvalue weighted by Gasteiger charge is 2.19. The van der Waals surface area contributed by atoms with Gasteiger partial charge in [-0.15, -0.1) is 0 Å². The first kappa shape index (κ1) is 7.65. The van der Waals surface area contributed by atoms with Gasteiger partial charge in [-0.25, -0.2) is 4.79 Å².